The highest BCUT2D eigenvalue weighted by Gasteiger charge is 2.40. The lowest BCUT2D eigenvalue weighted by Crippen LogP contribution is -2.50. The third-order valence-corrected chi connectivity index (χ3v) is 8.34. The molecule has 2 saturated carbocycles. The molecule has 4 rings (SSSR count). The van der Waals surface area contributed by atoms with Crippen molar-refractivity contribution in [3.63, 3.8) is 0 Å². The van der Waals surface area contributed by atoms with E-state index in [1.54, 1.807) is 6.92 Å². The number of nitriles is 1. The van der Waals surface area contributed by atoms with Crippen molar-refractivity contribution < 1.29 is 22.7 Å². The van der Waals surface area contributed by atoms with Crippen molar-refractivity contribution in [2.75, 3.05) is 24.2 Å². The summed E-state index contributed by atoms with van der Waals surface area (Å²) in [6.45, 7) is 1.73. The third-order valence-electron chi connectivity index (χ3n) is 6.33. The van der Waals surface area contributed by atoms with Gasteiger partial charge in [-0.25, -0.2) is 17.8 Å². The number of nitrogens with zero attached hydrogens (tertiary/aromatic N) is 4. The Labute approximate surface area is 181 Å². The second kappa shape index (κ2) is 8.48. The molecule has 0 radical (unpaired) electrons. The zero-order valence-electron chi connectivity index (χ0n) is 17.5. The molecule has 0 unspecified atom stereocenters. The third kappa shape index (κ3) is 5.07. The molecule has 1 aliphatic heterocycles. The molecule has 0 aromatic carbocycles. The predicted octanol–water partition coefficient (Wildman–Crippen LogP) is 1.59. The maximum absolute atomic E-state index is 14.8. The molecule has 0 bridgehead atoms. The fraction of sp³-hybridized carbons (Fsp3) is 0.750. The van der Waals surface area contributed by atoms with Gasteiger partial charge in [0, 0.05) is 13.1 Å². The van der Waals surface area contributed by atoms with E-state index in [0.29, 0.717) is 12.8 Å². The van der Waals surface area contributed by atoms with Gasteiger partial charge in [0.1, 0.15) is 23.9 Å². The number of ether oxygens (including phenoxy) is 1. The van der Waals surface area contributed by atoms with E-state index >= 15 is 0 Å². The second-order valence-corrected chi connectivity index (χ2v) is 11.0. The van der Waals surface area contributed by atoms with Crippen LogP contribution in [-0.4, -0.2) is 70.6 Å². The van der Waals surface area contributed by atoms with Gasteiger partial charge in [-0.2, -0.15) is 14.6 Å². The predicted molar refractivity (Wildman–Crippen MR) is 111 cm³/mol. The smallest absolute Gasteiger partial charge is 0.236 e. The maximum Gasteiger partial charge on any atom is 0.236 e. The van der Waals surface area contributed by atoms with Crippen molar-refractivity contribution in [1.29, 1.82) is 5.26 Å². The van der Waals surface area contributed by atoms with Crippen molar-refractivity contribution in [1.82, 2.24) is 14.3 Å². The Hall–Kier alpha value is -2.03. The lowest BCUT2D eigenvalue weighted by molar-refractivity contribution is -0.0271. The molecule has 0 amide bonds. The van der Waals surface area contributed by atoms with Gasteiger partial charge in [0.15, 0.2) is 0 Å². The lowest BCUT2D eigenvalue weighted by Gasteiger charge is -2.34. The Balaban J connectivity index is 1.42. The fourth-order valence-electron chi connectivity index (χ4n) is 4.19. The average molecular weight is 454 g/mol. The summed E-state index contributed by atoms with van der Waals surface area (Å²) < 4.78 is 46.7. The van der Waals surface area contributed by atoms with Crippen LogP contribution in [0, 0.1) is 17.2 Å². The molecule has 1 aromatic heterocycles. The number of rotatable bonds is 7. The number of aliphatic hydroxyl groups is 1. The minimum atomic E-state index is -3.43. The Morgan fingerprint density at radius 3 is 2.81 bits per heavy atom. The van der Waals surface area contributed by atoms with E-state index in [1.165, 1.54) is 10.5 Å². The van der Waals surface area contributed by atoms with E-state index in [2.05, 4.69) is 15.3 Å². The zero-order chi connectivity index (χ0) is 22.2. The largest absolute Gasteiger partial charge is 0.470 e. The van der Waals surface area contributed by atoms with E-state index in [-0.39, 0.29) is 48.6 Å². The number of piperidine rings is 1. The Kier molecular flexibility index (Phi) is 6.07. The topological polar surface area (TPSA) is 128 Å². The van der Waals surface area contributed by atoms with E-state index in [9.17, 15) is 23.2 Å². The summed E-state index contributed by atoms with van der Waals surface area (Å²) in [6, 6.07) is 1.32. The number of hydrogen-bond acceptors (Lipinski definition) is 8. The van der Waals surface area contributed by atoms with Crippen molar-refractivity contribution in [3.8, 4) is 11.9 Å². The van der Waals surface area contributed by atoms with E-state index < -0.39 is 33.9 Å². The van der Waals surface area contributed by atoms with Crippen LogP contribution in [0.3, 0.4) is 0 Å². The highest BCUT2D eigenvalue weighted by molar-refractivity contribution is 7.89. The Bertz CT molecular complexity index is 963. The number of sulfonamides is 1. The van der Waals surface area contributed by atoms with Gasteiger partial charge in [-0.1, -0.05) is 0 Å². The van der Waals surface area contributed by atoms with Gasteiger partial charge >= 0.3 is 0 Å². The molecule has 9 nitrogen and oxygen atoms in total. The van der Waals surface area contributed by atoms with Crippen LogP contribution in [0.1, 0.15) is 51.0 Å². The summed E-state index contributed by atoms with van der Waals surface area (Å²) in [6.07, 6.45) is 3.57. The van der Waals surface area contributed by atoms with Crippen LogP contribution >= 0.6 is 0 Å². The van der Waals surface area contributed by atoms with Gasteiger partial charge < -0.3 is 15.2 Å². The molecule has 11 heteroatoms. The van der Waals surface area contributed by atoms with Crippen LogP contribution < -0.4 is 10.1 Å². The molecule has 2 heterocycles. The molecule has 2 N–H and O–H groups in total. The van der Waals surface area contributed by atoms with Crippen molar-refractivity contribution >= 4 is 16.0 Å². The summed E-state index contributed by atoms with van der Waals surface area (Å²) in [5.41, 5.74) is -0.875. The van der Waals surface area contributed by atoms with Crippen molar-refractivity contribution in [2.45, 2.75) is 69.4 Å². The fourth-order valence-corrected chi connectivity index (χ4v) is 6.08. The van der Waals surface area contributed by atoms with Gasteiger partial charge in [-0.3, -0.25) is 0 Å². The minimum Gasteiger partial charge on any atom is -0.470 e. The maximum atomic E-state index is 14.8. The molecule has 3 fully saturated rings. The van der Waals surface area contributed by atoms with E-state index in [1.807, 2.05) is 6.07 Å². The number of hydrogen-bond donors (Lipinski definition) is 2. The average Bonchev–Trinajstić information content (AvgIpc) is 3.45. The SMILES string of the molecule is C[C@@]1(O)CCC[C@@H]1Oc1nc(N[C@H]2CCN(S(=O)(=O)CC3CC3)C[C@H]2F)ncc1C#N. The molecule has 3 aliphatic rings. The summed E-state index contributed by atoms with van der Waals surface area (Å²) in [5.74, 6) is 0.466. The molecule has 170 valence electrons. The standard InChI is InChI=1S/C20H28FN5O4S/c1-20(27)7-2-3-17(20)30-18-14(9-22)10-23-19(25-18)24-16-6-8-26(11-15(16)21)31(28,29)12-13-4-5-13/h10,13,15-17,27H,2-8,11-12H2,1H3,(H,23,24,25)/t15-,16+,17+,20-/m1/s1. The van der Waals surface area contributed by atoms with Gasteiger partial charge in [-0.15, -0.1) is 0 Å². The summed E-state index contributed by atoms with van der Waals surface area (Å²) in [4.78, 5) is 8.32. The number of nitrogens with one attached hydrogen (secondary N) is 1. The Morgan fingerprint density at radius 2 is 2.19 bits per heavy atom. The van der Waals surface area contributed by atoms with Crippen LogP contribution in [0.4, 0.5) is 10.3 Å². The first kappa shape index (κ1) is 22.2. The van der Waals surface area contributed by atoms with Crippen LogP contribution in [0.2, 0.25) is 0 Å². The molecule has 4 atom stereocenters. The monoisotopic (exact) mass is 453 g/mol. The molecule has 1 saturated heterocycles. The van der Waals surface area contributed by atoms with Crippen molar-refractivity contribution in [2.24, 2.45) is 5.92 Å². The van der Waals surface area contributed by atoms with Gasteiger partial charge in [0.05, 0.1) is 23.6 Å². The van der Waals surface area contributed by atoms with Crippen molar-refractivity contribution in [3.05, 3.63) is 11.8 Å². The zero-order valence-corrected chi connectivity index (χ0v) is 18.3. The Morgan fingerprint density at radius 1 is 1.42 bits per heavy atom. The number of aromatic nitrogens is 2. The number of alkyl halides is 1. The van der Waals surface area contributed by atoms with E-state index in [0.717, 1.165) is 19.3 Å². The summed E-state index contributed by atoms with van der Waals surface area (Å²) in [5, 5.41) is 22.7. The molecule has 0 spiro atoms. The van der Waals surface area contributed by atoms with Crippen LogP contribution in [0.25, 0.3) is 0 Å². The first-order valence-electron chi connectivity index (χ1n) is 10.7. The molecular weight excluding hydrogens is 425 g/mol. The second-order valence-electron chi connectivity index (χ2n) is 9.02. The van der Waals surface area contributed by atoms with Crippen LogP contribution in [0.15, 0.2) is 6.20 Å². The molecular formula is C20H28FN5O4S. The summed E-state index contributed by atoms with van der Waals surface area (Å²) in [7, 11) is -3.43. The highest BCUT2D eigenvalue weighted by Crippen LogP contribution is 2.34. The quantitative estimate of drug-likeness (QED) is 0.637. The van der Waals surface area contributed by atoms with Gasteiger partial charge in [0.2, 0.25) is 21.9 Å². The number of anilines is 1. The normalized spacial score (nSPS) is 31.9. The first-order valence-corrected chi connectivity index (χ1v) is 12.3. The first-order chi connectivity index (χ1) is 14.7. The molecule has 2 aliphatic carbocycles. The number of halogens is 1. The van der Waals surface area contributed by atoms with Gasteiger partial charge in [0.25, 0.3) is 0 Å². The van der Waals surface area contributed by atoms with Crippen LogP contribution in [-0.2, 0) is 10.0 Å². The van der Waals surface area contributed by atoms with E-state index in [4.69, 9.17) is 4.74 Å². The molecule has 31 heavy (non-hydrogen) atoms. The lowest BCUT2D eigenvalue weighted by atomic mass is 10.0. The summed E-state index contributed by atoms with van der Waals surface area (Å²) >= 11 is 0. The van der Waals surface area contributed by atoms with Gasteiger partial charge in [-0.05, 0) is 51.4 Å². The van der Waals surface area contributed by atoms with Crippen LogP contribution in [0.5, 0.6) is 5.88 Å². The minimum absolute atomic E-state index is 0.0482. The highest BCUT2D eigenvalue weighted by atomic mass is 32.2. The molecule has 1 aromatic rings.